The average molecular weight is 326 g/mol. The van der Waals surface area contributed by atoms with E-state index in [4.69, 9.17) is 5.73 Å². The molecule has 3 aromatic rings. The summed E-state index contributed by atoms with van der Waals surface area (Å²) in [4.78, 5) is 0. The first-order chi connectivity index (χ1) is 9.74. The molecule has 0 aliphatic heterocycles. The van der Waals surface area contributed by atoms with Crippen LogP contribution in [-0.2, 0) is 6.42 Å². The summed E-state index contributed by atoms with van der Waals surface area (Å²) in [5, 5.41) is 2.50. The monoisotopic (exact) mass is 325 g/mol. The minimum absolute atomic E-state index is 0.0160. The van der Waals surface area contributed by atoms with Gasteiger partial charge in [-0.2, -0.15) is 0 Å². The summed E-state index contributed by atoms with van der Waals surface area (Å²) in [6, 6.07) is 23.1. The molecule has 0 heterocycles. The number of nitrogens with two attached hydrogens (primary N) is 1. The van der Waals surface area contributed by atoms with Crippen molar-refractivity contribution in [2.24, 2.45) is 5.73 Å². The first-order valence-electron chi connectivity index (χ1n) is 6.72. The summed E-state index contributed by atoms with van der Waals surface area (Å²) in [5.74, 6) is 0. The van der Waals surface area contributed by atoms with E-state index in [-0.39, 0.29) is 6.04 Å². The van der Waals surface area contributed by atoms with E-state index in [0.29, 0.717) is 0 Å². The molecule has 1 atom stereocenters. The minimum Gasteiger partial charge on any atom is -0.324 e. The summed E-state index contributed by atoms with van der Waals surface area (Å²) >= 11 is 3.46. The summed E-state index contributed by atoms with van der Waals surface area (Å²) < 4.78 is 1.10. The van der Waals surface area contributed by atoms with Crippen LogP contribution in [-0.4, -0.2) is 0 Å². The number of halogens is 1. The maximum atomic E-state index is 6.42. The fourth-order valence-electron chi connectivity index (χ4n) is 2.56. The van der Waals surface area contributed by atoms with Gasteiger partial charge in [0.05, 0.1) is 0 Å². The zero-order valence-electron chi connectivity index (χ0n) is 11.1. The molecule has 1 nitrogen and oxygen atoms in total. The molecule has 0 aliphatic rings. The highest BCUT2D eigenvalue weighted by atomic mass is 79.9. The van der Waals surface area contributed by atoms with E-state index in [1.807, 2.05) is 0 Å². The van der Waals surface area contributed by atoms with Gasteiger partial charge in [0.15, 0.2) is 0 Å². The second-order valence-electron chi connectivity index (χ2n) is 5.01. The Morgan fingerprint density at radius 2 is 1.55 bits per heavy atom. The summed E-state index contributed by atoms with van der Waals surface area (Å²) in [6.07, 6.45) is 0.848. The van der Waals surface area contributed by atoms with Crippen LogP contribution in [0.3, 0.4) is 0 Å². The molecule has 0 amide bonds. The molecule has 0 saturated carbocycles. The van der Waals surface area contributed by atoms with Gasteiger partial charge < -0.3 is 5.73 Å². The number of fused-ring (bicyclic) bond motifs is 1. The van der Waals surface area contributed by atoms with E-state index in [0.717, 1.165) is 10.9 Å². The van der Waals surface area contributed by atoms with Crippen LogP contribution >= 0.6 is 15.9 Å². The van der Waals surface area contributed by atoms with Crippen molar-refractivity contribution in [3.05, 3.63) is 82.3 Å². The smallest absolute Gasteiger partial charge is 0.0341 e. The lowest BCUT2D eigenvalue weighted by molar-refractivity contribution is 0.728. The van der Waals surface area contributed by atoms with Crippen molar-refractivity contribution in [2.45, 2.75) is 12.5 Å². The van der Waals surface area contributed by atoms with Gasteiger partial charge in [0, 0.05) is 10.5 Å². The second kappa shape index (κ2) is 5.78. The van der Waals surface area contributed by atoms with Crippen LogP contribution in [0.5, 0.6) is 0 Å². The Hall–Kier alpha value is -1.64. The Kier molecular flexibility index (Phi) is 3.86. The van der Waals surface area contributed by atoms with Gasteiger partial charge in [-0.3, -0.25) is 0 Å². The lowest BCUT2D eigenvalue weighted by Gasteiger charge is -2.15. The van der Waals surface area contributed by atoms with Gasteiger partial charge in [-0.25, -0.2) is 0 Å². The van der Waals surface area contributed by atoms with Crippen molar-refractivity contribution in [2.75, 3.05) is 0 Å². The molecule has 100 valence electrons. The first-order valence-corrected chi connectivity index (χ1v) is 7.51. The predicted molar refractivity (Wildman–Crippen MR) is 88.7 cm³/mol. The topological polar surface area (TPSA) is 26.0 Å². The molecule has 0 spiro atoms. The van der Waals surface area contributed by atoms with Crippen LogP contribution in [0.4, 0.5) is 0 Å². The molecule has 0 saturated heterocycles. The lowest BCUT2D eigenvalue weighted by atomic mass is 9.95. The molecule has 2 N–H and O–H groups in total. The van der Waals surface area contributed by atoms with E-state index in [9.17, 15) is 0 Å². The largest absolute Gasteiger partial charge is 0.324 e. The molecular weight excluding hydrogens is 310 g/mol. The third kappa shape index (κ3) is 2.77. The Labute approximate surface area is 127 Å². The van der Waals surface area contributed by atoms with Crippen molar-refractivity contribution in [1.29, 1.82) is 0 Å². The van der Waals surface area contributed by atoms with Gasteiger partial charge in [0.25, 0.3) is 0 Å². The van der Waals surface area contributed by atoms with Crippen LogP contribution in [0.25, 0.3) is 10.8 Å². The molecule has 0 bridgehead atoms. The van der Waals surface area contributed by atoms with Crippen molar-refractivity contribution in [3.63, 3.8) is 0 Å². The fourth-order valence-corrected chi connectivity index (χ4v) is 2.82. The van der Waals surface area contributed by atoms with Crippen LogP contribution in [0.15, 0.2) is 71.2 Å². The van der Waals surface area contributed by atoms with E-state index in [1.165, 1.54) is 21.9 Å². The first kappa shape index (κ1) is 13.3. The molecule has 0 aromatic heterocycles. The van der Waals surface area contributed by atoms with Crippen LogP contribution in [0.2, 0.25) is 0 Å². The van der Waals surface area contributed by atoms with E-state index in [2.05, 4.69) is 82.7 Å². The van der Waals surface area contributed by atoms with Gasteiger partial charge in [-0.1, -0.05) is 70.5 Å². The SMILES string of the molecule is NC(Cc1ccc(Br)cc1)c1cccc2ccccc12. The second-order valence-corrected chi connectivity index (χ2v) is 5.92. The van der Waals surface area contributed by atoms with Crippen molar-refractivity contribution in [1.82, 2.24) is 0 Å². The highest BCUT2D eigenvalue weighted by Gasteiger charge is 2.10. The van der Waals surface area contributed by atoms with Crippen LogP contribution in [0.1, 0.15) is 17.2 Å². The Balaban J connectivity index is 1.92. The maximum absolute atomic E-state index is 6.42. The third-order valence-electron chi connectivity index (χ3n) is 3.59. The highest BCUT2D eigenvalue weighted by molar-refractivity contribution is 9.10. The number of rotatable bonds is 3. The Morgan fingerprint density at radius 3 is 2.35 bits per heavy atom. The molecule has 3 rings (SSSR count). The minimum atomic E-state index is 0.0160. The summed E-state index contributed by atoms with van der Waals surface area (Å²) in [6.45, 7) is 0. The average Bonchev–Trinajstić information content (AvgIpc) is 2.49. The molecule has 20 heavy (non-hydrogen) atoms. The van der Waals surface area contributed by atoms with Crippen molar-refractivity contribution in [3.8, 4) is 0 Å². The molecule has 0 aliphatic carbocycles. The molecule has 1 unspecified atom stereocenters. The van der Waals surface area contributed by atoms with Crippen molar-refractivity contribution >= 4 is 26.7 Å². The lowest BCUT2D eigenvalue weighted by Crippen LogP contribution is -2.13. The molecule has 0 fully saturated rings. The Bertz CT molecular complexity index is 714. The number of hydrogen-bond donors (Lipinski definition) is 1. The zero-order chi connectivity index (χ0) is 13.9. The van der Waals surface area contributed by atoms with Gasteiger partial charge in [-0.15, -0.1) is 0 Å². The van der Waals surface area contributed by atoms with Gasteiger partial charge >= 0.3 is 0 Å². The molecule has 0 radical (unpaired) electrons. The molecular formula is C18H16BrN. The molecule has 2 heteroatoms. The van der Waals surface area contributed by atoms with E-state index >= 15 is 0 Å². The van der Waals surface area contributed by atoms with E-state index in [1.54, 1.807) is 0 Å². The maximum Gasteiger partial charge on any atom is 0.0341 e. The van der Waals surface area contributed by atoms with Crippen LogP contribution in [0, 0.1) is 0 Å². The van der Waals surface area contributed by atoms with E-state index < -0.39 is 0 Å². The normalized spacial score (nSPS) is 12.5. The third-order valence-corrected chi connectivity index (χ3v) is 4.12. The number of hydrogen-bond acceptors (Lipinski definition) is 1. The quantitative estimate of drug-likeness (QED) is 0.732. The number of benzene rings is 3. The standard InChI is InChI=1S/C18H16BrN/c19-15-10-8-13(9-11-15)12-18(20)17-7-3-5-14-4-1-2-6-16(14)17/h1-11,18H,12,20H2. The zero-order valence-corrected chi connectivity index (χ0v) is 12.7. The predicted octanol–water partition coefficient (Wildman–Crippen LogP) is 4.84. The summed E-state index contributed by atoms with van der Waals surface area (Å²) in [7, 11) is 0. The highest BCUT2D eigenvalue weighted by Crippen LogP contribution is 2.25. The summed E-state index contributed by atoms with van der Waals surface area (Å²) in [5.41, 5.74) is 8.89. The fraction of sp³-hybridized carbons (Fsp3) is 0.111. The van der Waals surface area contributed by atoms with Gasteiger partial charge in [-0.05, 0) is 40.5 Å². The van der Waals surface area contributed by atoms with Crippen LogP contribution < -0.4 is 5.73 Å². The Morgan fingerprint density at radius 1 is 0.850 bits per heavy atom. The molecule has 3 aromatic carbocycles. The van der Waals surface area contributed by atoms with Gasteiger partial charge in [0.1, 0.15) is 0 Å². The van der Waals surface area contributed by atoms with Crippen molar-refractivity contribution < 1.29 is 0 Å². The van der Waals surface area contributed by atoms with Gasteiger partial charge in [0.2, 0.25) is 0 Å².